The lowest BCUT2D eigenvalue weighted by molar-refractivity contribution is -0.119. The van der Waals surface area contributed by atoms with E-state index < -0.39 is 9.84 Å². The predicted octanol–water partition coefficient (Wildman–Crippen LogP) is 0.417. The van der Waals surface area contributed by atoms with Gasteiger partial charge in [-0.25, -0.2) is 8.42 Å². The molecule has 0 bridgehead atoms. The highest BCUT2D eigenvalue weighted by Gasteiger charge is 2.07. The van der Waals surface area contributed by atoms with E-state index in [2.05, 4.69) is 0 Å². The third-order valence-electron chi connectivity index (χ3n) is 1.56. The van der Waals surface area contributed by atoms with E-state index in [1.807, 2.05) is 0 Å². The van der Waals surface area contributed by atoms with Crippen molar-refractivity contribution in [2.45, 2.75) is 19.3 Å². The lowest BCUT2D eigenvalue weighted by atomic mass is 10.2. The van der Waals surface area contributed by atoms with Gasteiger partial charge in [-0.1, -0.05) is 0 Å². The molecular weight excluding hydrogens is 192 g/mol. The number of sulfone groups is 1. The van der Waals surface area contributed by atoms with Gasteiger partial charge in [0.25, 0.3) is 0 Å². The first-order valence-corrected chi connectivity index (χ1v) is 6.20. The zero-order chi connectivity index (χ0) is 10.3. The van der Waals surface area contributed by atoms with Crippen molar-refractivity contribution in [1.82, 2.24) is 0 Å². The van der Waals surface area contributed by atoms with Crippen LogP contribution >= 0.6 is 0 Å². The zero-order valence-corrected chi connectivity index (χ0v) is 8.89. The molecule has 0 radical (unpaired) electrons. The molecule has 0 aromatic carbocycles. The van der Waals surface area contributed by atoms with Gasteiger partial charge in [0, 0.05) is 32.8 Å². The second-order valence-electron chi connectivity index (χ2n) is 3.01. The largest absolute Gasteiger partial charge is 0.385 e. The normalized spacial score (nSPS) is 11.5. The fraction of sp³-hybridized carbons (Fsp3) is 0.875. The van der Waals surface area contributed by atoms with Gasteiger partial charge in [0.05, 0.1) is 5.75 Å². The number of rotatable bonds is 7. The average molecular weight is 208 g/mol. The smallest absolute Gasteiger partial charge is 0.147 e. The second kappa shape index (κ2) is 6.10. The number of ketones is 1. The Labute approximate surface area is 79.2 Å². The molecule has 0 aromatic rings. The van der Waals surface area contributed by atoms with Crippen LogP contribution in [0.4, 0.5) is 0 Å². The van der Waals surface area contributed by atoms with Gasteiger partial charge in [0.1, 0.15) is 15.6 Å². The molecule has 0 aliphatic heterocycles. The molecule has 0 saturated heterocycles. The van der Waals surface area contributed by atoms with E-state index >= 15 is 0 Å². The molecule has 0 heterocycles. The molecule has 0 amide bonds. The van der Waals surface area contributed by atoms with Crippen molar-refractivity contribution >= 4 is 15.6 Å². The summed E-state index contributed by atoms with van der Waals surface area (Å²) in [5.74, 6) is -0.0544. The van der Waals surface area contributed by atoms with E-state index in [0.29, 0.717) is 19.4 Å². The Morgan fingerprint density at radius 1 is 1.31 bits per heavy atom. The lowest BCUT2D eigenvalue weighted by Crippen LogP contribution is -2.09. The number of hydrogen-bond acceptors (Lipinski definition) is 4. The predicted molar refractivity (Wildman–Crippen MR) is 50.4 cm³/mol. The molecule has 5 heteroatoms. The van der Waals surface area contributed by atoms with Gasteiger partial charge in [-0.15, -0.1) is 0 Å². The minimum Gasteiger partial charge on any atom is -0.385 e. The molecule has 0 atom stereocenters. The molecule has 0 aliphatic rings. The fourth-order valence-electron chi connectivity index (χ4n) is 0.838. The van der Waals surface area contributed by atoms with E-state index in [9.17, 15) is 13.2 Å². The summed E-state index contributed by atoms with van der Waals surface area (Å²) in [5.41, 5.74) is 0. The van der Waals surface area contributed by atoms with Crippen molar-refractivity contribution in [3.05, 3.63) is 0 Å². The lowest BCUT2D eigenvalue weighted by Gasteiger charge is -1.99. The molecule has 0 aliphatic carbocycles. The molecule has 4 nitrogen and oxygen atoms in total. The van der Waals surface area contributed by atoms with Gasteiger partial charge in [0.15, 0.2) is 0 Å². The van der Waals surface area contributed by atoms with Crippen LogP contribution in [0, 0.1) is 0 Å². The number of methoxy groups -OCH3 is 1. The first-order chi connectivity index (χ1) is 5.95. The van der Waals surface area contributed by atoms with Crippen LogP contribution in [-0.2, 0) is 19.4 Å². The third kappa shape index (κ3) is 9.49. The molecule has 0 rings (SSSR count). The van der Waals surface area contributed by atoms with Crippen LogP contribution in [0.15, 0.2) is 0 Å². The van der Waals surface area contributed by atoms with Crippen molar-refractivity contribution in [1.29, 1.82) is 0 Å². The molecule has 0 unspecified atom stereocenters. The monoisotopic (exact) mass is 208 g/mol. The van der Waals surface area contributed by atoms with Crippen LogP contribution in [0.3, 0.4) is 0 Å². The molecule has 0 N–H and O–H groups in total. The standard InChI is InChI=1S/C8H16O4S/c1-12-6-3-4-8(9)5-7-13(2,10)11/h3-7H2,1-2H3. The summed E-state index contributed by atoms with van der Waals surface area (Å²) in [6.45, 7) is 0.546. The van der Waals surface area contributed by atoms with Gasteiger partial charge >= 0.3 is 0 Å². The summed E-state index contributed by atoms with van der Waals surface area (Å²) in [7, 11) is -1.43. The van der Waals surface area contributed by atoms with Crippen molar-refractivity contribution < 1.29 is 17.9 Å². The average Bonchev–Trinajstić information content (AvgIpc) is 2.00. The Morgan fingerprint density at radius 3 is 2.38 bits per heavy atom. The van der Waals surface area contributed by atoms with Crippen LogP contribution in [0.5, 0.6) is 0 Å². The molecule has 0 spiro atoms. The highest BCUT2D eigenvalue weighted by Crippen LogP contribution is 1.98. The van der Waals surface area contributed by atoms with Crippen molar-refractivity contribution in [3.8, 4) is 0 Å². The molecule has 0 aromatic heterocycles. The second-order valence-corrected chi connectivity index (χ2v) is 5.27. The maximum atomic E-state index is 11.0. The number of ether oxygens (including phenoxy) is 1. The Balaban J connectivity index is 3.53. The summed E-state index contributed by atoms with van der Waals surface area (Å²) in [4.78, 5) is 11.0. The highest BCUT2D eigenvalue weighted by molar-refractivity contribution is 7.90. The zero-order valence-electron chi connectivity index (χ0n) is 8.08. The van der Waals surface area contributed by atoms with E-state index in [1.54, 1.807) is 7.11 Å². The Morgan fingerprint density at radius 2 is 1.92 bits per heavy atom. The van der Waals surface area contributed by atoms with Crippen molar-refractivity contribution in [2.24, 2.45) is 0 Å². The fourth-order valence-corrected chi connectivity index (χ4v) is 1.44. The quantitative estimate of drug-likeness (QED) is 0.569. The van der Waals surface area contributed by atoms with Gasteiger partial charge < -0.3 is 4.74 Å². The van der Waals surface area contributed by atoms with E-state index in [0.717, 1.165) is 6.26 Å². The van der Waals surface area contributed by atoms with Crippen LogP contribution in [-0.4, -0.2) is 39.9 Å². The van der Waals surface area contributed by atoms with Gasteiger partial charge in [-0.05, 0) is 6.42 Å². The summed E-state index contributed by atoms with van der Waals surface area (Å²) in [5, 5.41) is 0. The Bertz CT molecular complexity index is 243. The first kappa shape index (κ1) is 12.6. The van der Waals surface area contributed by atoms with Crippen LogP contribution in [0.1, 0.15) is 19.3 Å². The summed E-state index contributed by atoms with van der Waals surface area (Å²) >= 11 is 0. The van der Waals surface area contributed by atoms with Gasteiger partial charge in [0.2, 0.25) is 0 Å². The minimum atomic E-state index is -3.00. The van der Waals surface area contributed by atoms with Crippen LogP contribution < -0.4 is 0 Å². The number of Topliss-reactive ketones (excluding diaryl/α,β-unsaturated/α-hetero) is 1. The van der Waals surface area contributed by atoms with E-state index in [1.165, 1.54) is 0 Å². The topological polar surface area (TPSA) is 60.4 Å². The summed E-state index contributed by atoms with van der Waals surface area (Å²) < 4.78 is 26.1. The number of carbonyl (C=O) groups excluding carboxylic acids is 1. The van der Waals surface area contributed by atoms with E-state index in [-0.39, 0.29) is 18.0 Å². The Kier molecular flexibility index (Phi) is 5.90. The third-order valence-corrected chi connectivity index (χ3v) is 2.50. The molecular formula is C8H16O4S. The summed E-state index contributed by atoms with van der Waals surface area (Å²) in [6, 6.07) is 0. The number of hydrogen-bond donors (Lipinski definition) is 0. The number of carbonyl (C=O) groups is 1. The molecule has 0 saturated carbocycles. The molecule has 0 fully saturated rings. The minimum absolute atomic E-state index is 0.0116. The SMILES string of the molecule is COCCCC(=O)CCS(C)(=O)=O. The maximum Gasteiger partial charge on any atom is 0.147 e. The van der Waals surface area contributed by atoms with Crippen LogP contribution in [0.25, 0.3) is 0 Å². The van der Waals surface area contributed by atoms with Crippen LogP contribution in [0.2, 0.25) is 0 Å². The van der Waals surface area contributed by atoms with Gasteiger partial charge in [-0.3, -0.25) is 4.79 Å². The highest BCUT2D eigenvalue weighted by atomic mass is 32.2. The maximum absolute atomic E-state index is 11.0. The molecule has 13 heavy (non-hydrogen) atoms. The summed E-state index contributed by atoms with van der Waals surface area (Å²) in [6.07, 6.45) is 2.33. The van der Waals surface area contributed by atoms with E-state index in [4.69, 9.17) is 4.74 Å². The molecule has 78 valence electrons. The first-order valence-electron chi connectivity index (χ1n) is 4.14. The Hall–Kier alpha value is -0.420. The van der Waals surface area contributed by atoms with Crippen molar-refractivity contribution in [2.75, 3.05) is 25.7 Å². The van der Waals surface area contributed by atoms with Gasteiger partial charge in [-0.2, -0.15) is 0 Å². The van der Waals surface area contributed by atoms with Crippen molar-refractivity contribution in [3.63, 3.8) is 0 Å².